The molecule has 0 unspecified atom stereocenters. The Morgan fingerprint density at radius 3 is 2.21 bits per heavy atom. The Hall–Kier alpha value is -1.31. The summed E-state index contributed by atoms with van der Waals surface area (Å²) in [6.45, 7) is -1.55. The molecule has 0 aromatic rings. The fourth-order valence-electron chi connectivity index (χ4n) is 2.12. The highest BCUT2D eigenvalue weighted by Crippen LogP contribution is 2.23. The lowest BCUT2D eigenvalue weighted by molar-refractivity contribution is -0.128. The van der Waals surface area contributed by atoms with Gasteiger partial charge in [0, 0.05) is 12.0 Å². The van der Waals surface area contributed by atoms with Crippen LogP contribution < -0.4 is 16.4 Å². The van der Waals surface area contributed by atoms with Gasteiger partial charge in [0.2, 0.25) is 11.8 Å². The lowest BCUT2D eigenvalue weighted by Gasteiger charge is -2.27. The fraction of sp³-hybridized carbons (Fsp3) is 0.818. The molecular weight excluding hydrogens is 263 g/mol. The van der Waals surface area contributed by atoms with E-state index in [9.17, 15) is 22.8 Å². The molecule has 1 aliphatic rings. The standard InChI is InChI=1S/C11H18F3N3O2/c12-11(13,14)6-16-5-9(18)17-8-3-1-7(2-4-8)10(15)19/h7-8,16H,1-6H2,(H2,15,19)(H,17,18). The lowest BCUT2D eigenvalue weighted by Crippen LogP contribution is -2.44. The van der Waals surface area contributed by atoms with Crippen LogP contribution in [0.4, 0.5) is 13.2 Å². The number of hydrogen-bond acceptors (Lipinski definition) is 3. The number of rotatable bonds is 5. The van der Waals surface area contributed by atoms with Gasteiger partial charge < -0.3 is 16.4 Å². The first-order valence-electron chi connectivity index (χ1n) is 6.14. The molecule has 2 amide bonds. The Labute approximate surface area is 109 Å². The predicted molar refractivity (Wildman–Crippen MR) is 62.0 cm³/mol. The van der Waals surface area contributed by atoms with E-state index in [2.05, 4.69) is 5.32 Å². The number of carbonyl (C=O) groups excluding carboxylic acids is 2. The smallest absolute Gasteiger partial charge is 0.369 e. The zero-order chi connectivity index (χ0) is 14.5. The van der Waals surface area contributed by atoms with E-state index in [1.165, 1.54) is 0 Å². The van der Waals surface area contributed by atoms with Crippen LogP contribution in [0.15, 0.2) is 0 Å². The first kappa shape index (κ1) is 15.7. The molecule has 0 atom stereocenters. The molecule has 1 rings (SSSR count). The van der Waals surface area contributed by atoms with Crippen LogP contribution in [0, 0.1) is 5.92 Å². The lowest BCUT2D eigenvalue weighted by atomic mass is 9.85. The van der Waals surface area contributed by atoms with Crippen LogP contribution in [0.1, 0.15) is 25.7 Å². The molecule has 0 radical (unpaired) electrons. The van der Waals surface area contributed by atoms with Gasteiger partial charge in [0.25, 0.3) is 0 Å². The van der Waals surface area contributed by atoms with Crippen molar-refractivity contribution >= 4 is 11.8 Å². The summed E-state index contributed by atoms with van der Waals surface area (Å²) >= 11 is 0. The summed E-state index contributed by atoms with van der Waals surface area (Å²) in [4.78, 5) is 22.3. The van der Waals surface area contributed by atoms with Crippen LogP contribution in [-0.4, -0.2) is 37.1 Å². The largest absolute Gasteiger partial charge is 0.401 e. The van der Waals surface area contributed by atoms with E-state index in [1.54, 1.807) is 0 Å². The molecule has 5 nitrogen and oxygen atoms in total. The molecule has 0 spiro atoms. The van der Waals surface area contributed by atoms with Crippen LogP contribution >= 0.6 is 0 Å². The summed E-state index contributed by atoms with van der Waals surface area (Å²) in [6, 6.07) is -0.0872. The van der Waals surface area contributed by atoms with Gasteiger partial charge in [0.15, 0.2) is 0 Å². The van der Waals surface area contributed by atoms with E-state index < -0.39 is 18.6 Å². The Morgan fingerprint density at radius 1 is 1.16 bits per heavy atom. The molecule has 8 heteroatoms. The topological polar surface area (TPSA) is 84.2 Å². The molecule has 1 aliphatic carbocycles. The third kappa shape index (κ3) is 6.42. The van der Waals surface area contributed by atoms with Crippen LogP contribution in [0.5, 0.6) is 0 Å². The number of halogens is 3. The van der Waals surface area contributed by atoms with Crippen LogP contribution in [-0.2, 0) is 9.59 Å². The molecule has 1 saturated carbocycles. The van der Waals surface area contributed by atoms with Gasteiger partial charge in [-0.25, -0.2) is 0 Å². The molecule has 0 bridgehead atoms. The van der Waals surface area contributed by atoms with E-state index in [4.69, 9.17) is 5.73 Å². The molecule has 110 valence electrons. The van der Waals surface area contributed by atoms with Crippen molar-refractivity contribution in [2.75, 3.05) is 13.1 Å². The first-order valence-corrected chi connectivity index (χ1v) is 6.14. The number of primary amides is 1. The Bertz CT molecular complexity index is 326. The summed E-state index contributed by atoms with van der Waals surface area (Å²) < 4.78 is 35.5. The number of nitrogens with one attached hydrogen (secondary N) is 2. The second kappa shape index (κ2) is 6.74. The highest BCUT2D eigenvalue weighted by atomic mass is 19.4. The van der Waals surface area contributed by atoms with Crippen LogP contribution in [0.25, 0.3) is 0 Å². The molecule has 1 fully saturated rings. The van der Waals surface area contributed by atoms with E-state index in [0.717, 1.165) is 0 Å². The monoisotopic (exact) mass is 281 g/mol. The third-order valence-electron chi connectivity index (χ3n) is 3.11. The van der Waals surface area contributed by atoms with Gasteiger partial charge in [-0.2, -0.15) is 13.2 Å². The summed E-state index contributed by atoms with van der Waals surface area (Å²) in [5.74, 6) is -0.958. The van der Waals surface area contributed by atoms with Crippen molar-refractivity contribution < 1.29 is 22.8 Å². The molecule has 4 N–H and O–H groups in total. The predicted octanol–water partition coefficient (Wildman–Crippen LogP) is 0.299. The van der Waals surface area contributed by atoms with Crippen molar-refractivity contribution in [3.63, 3.8) is 0 Å². The maximum atomic E-state index is 11.8. The molecule has 0 aromatic carbocycles. The minimum absolute atomic E-state index is 0.0872. The quantitative estimate of drug-likeness (QED) is 0.677. The number of amides is 2. The minimum Gasteiger partial charge on any atom is -0.369 e. The number of carbonyl (C=O) groups is 2. The van der Waals surface area contributed by atoms with Crippen molar-refractivity contribution in [3.05, 3.63) is 0 Å². The van der Waals surface area contributed by atoms with E-state index in [0.29, 0.717) is 25.7 Å². The van der Waals surface area contributed by atoms with Crippen molar-refractivity contribution in [2.24, 2.45) is 11.7 Å². The normalized spacial score (nSPS) is 23.9. The van der Waals surface area contributed by atoms with Crippen LogP contribution in [0.2, 0.25) is 0 Å². The van der Waals surface area contributed by atoms with Gasteiger partial charge in [0.1, 0.15) is 0 Å². The minimum atomic E-state index is -4.32. The summed E-state index contributed by atoms with van der Waals surface area (Å²) in [5.41, 5.74) is 5.18. The highest BCUT2D eigenvalue weighted by molar-refractivity contribution is 5.78. The van der Waals surface area contributed by atoms with Gasteiger partial charge in [0.05, 0.1) is 13.1 Å². The SMILES string of the molecule is NC(=O)C1CCC(NC(=O)CNCC(F)(F)F)CC1. The molecule has 0 saturated heterocycles. The molecule has 0 aliphatic heterocycles. The van der Waals surface area contributed by atoms with E-state index in [-0.39, 0.29) is 24.4 Å². The fourth-order valence-corrected chi connectivity index (χ4v) is 2.12. The van der Waals surface area contributed by atoms with Gasteiger partial charge in [-0.05, 0) is 25.7 Å². The average molecular weight is 281 g/mol. The highest BCUT2D eigenvalue weighted by Gasteiger charge is 2.28. The van der Waals surface area contributed by atoms with Crippen molar-refractivity contribution in [1.82, 2.24) is 10.6 Å². The molecular formula is C11H18F3N3O2. The summed E-state index contributed by atoms with van der Waals surface area (Å²) in [5, 5.41) is 4.67. The molecule has 0 aromatic heterocycles. The van der Waals surface area contributed by atoms with Crippen molar-refractivity contribution in [3.8, 4) is 0 Å². The first-order chi connectivity index (χ1) is 8.78. The Morgan fingerprint density at radius 2 is 1.74 bits per heavy atom. The number of nitrogens with two attached hydrogens (primary N) is 1. The number of hydrogen-bond donors (Lipinski definition) is 3. The van der Waals surface area contributed by atoms with E-state index >= 15 is 0 Å². The Balaban J connectivity index is 2.18. The van der Waals surface area contributed by atoms with Gasteiger partial charge in [-0.3, -0.25) is 9.59 Å². The van der Waals surface area contributed by atoms with E-state index in [1.807, 2.05) is 5.32 Å². The van der Waals surface area contributed by atoms with Gasteiger partial charge in [-0.15, -0.1) is 0 Å². The van der Waals surface area contributed by atoms with Crippen LogP contribution in [0.3, 0.4) is 0 Å². The third-order valence-corrected chi connectivity index (χ3v) is 3.11. The zero-order valence-corrected chi connectivity index (χ0v) is 10.4. The van der Waals surface area contributed by atoms with Gasteiger partial charge >= 0.3 is 6.18 Å². The summed E-state index contributed by atoms with van der Waals surface area (Å²) in [7, 11) is 0. The van der Waals surface area contributed by atoms with Crippen molar-refractivity contribution in [2.45, 2.75) is 37.9 Å². The molecule has 19 heavy (non-hydrogen) atoms. The average Bonchev–Trinajstić information content (AvgIpc) is 2.27. The van der Waals surface area contributed by atoms with Gasteiger partial charge in [-0.1, -0.05) is 0 Å². The maximum Gasteiger partial charge on any atom is 0.401 e. The Kier molecular flexibility index (Phi) is 5.59. The summed E-state index contributed by atoms with van der Waals surface area (Å²) in [6.07, 6.45) is -1.86. The second-order valence-electron chi connectivity index (χ2n) is 4.74. The van der Waals surface area contributed by atoms with Crippen molar-refractivity contribution in [1.29, 1.82) is 0 Å². The molecule has 0 heterocycles. The number of alkyl halides is 3. The second-order valence-corrected chi connectivity index (χ2v) is 4.74. The zero-order valence-electron chi connectivity index (χ0n) is 10.4. The maximum absolute atomic E-state index is 11.8.